The van der Waals surface area contributed by atoms with E-state index in [0.29, 0.717) is 6.42 Å². The number of aliphatic carboxylic acids is 1. The van der Waals surface area contributed by atoms with E-state index in [1.54, 1.807) is 0 Å². The van der Waals surface area contributed by atoms with Gasteiger partial charge < -0.3 is 9.84 Å². The summed E-state index contributed by atoms with van der Waals surface area (Å²) in [6.07, 6.45) is 15.3. The normalized spacial score (nSPS) is 17.8. The number of carboxylic acid groups (broad SMARTS) is 1. The van der Waals surface area contributed by atoms with Crippen LogP contribution in [0.3, 0.4) is 0 Å². The molecule has 0 aliphatic carbocycles. The number of hydrogen-bond acceptors (Lipinski definition) is 5. The first-order valence-corrected chi connectivity index (χ1v) is 13.4. The van der Waals surface area contributed by atoms with Crippen molar-refractivity contribution in [3.63, 3.8) is 0 Å². The fraction of sp³-hybridized carbons (Fsp3) is 0.926. The summed E-state index contributed by atoms with van der Waals surface area (Å²) >= 11 is 0. The Morgan fingerprint density at radius 3 is 1.79 bits per heavy atom. The van der Waals surface area contributed by atoms with Gasteiger partial charge in [-0.15, -0.1) is 12.4 Å². The van der Waals surface area contributed by atoms with Gasteiger partial charge in [0.05, 0.1) is 6.61 Å². The molecule has 0 saturated carbocycles. The number of carbonyl (C=O) groups excluding carboxylic acids is 1. The number of ether oxygens (including phenoxy) is 1. The lowest BCUT2D eigenvalue weighted by atomic mass is 9.80. The largest absolute Gasteiger partial charge is 0.481 e. The lowest BCUT2D eigenvalue weighted by molar-refractivity contribution is -0.293. The van der Waals surface area contributed by atoms with Crippen LogP contribution in [0, 0.1) is 0 Å². The van der Waals surface area contributed by atoms with Crippen molar-refractivity contribution in [1.29, 1.82) is 0 Å². The Labute approximate surface area is 214 Å². The molecule has 202 valence electrons. The van der Waals surface area contributed by atoms with Crippen molar-refractivity contribution in [1.82, 2.24) is 5.06 Å². The molecular formula is C27H52ClNO5. The maximum absolute atomic E-state index is 12.4. The van der Waals surface area contributed by atoms with Crippen LogP contribution in [0.4, 0.5) is 0 Å². The molecule has 0 bridgehead atoms. The highest BCUT2D eigenvalue weighted by Gasteiger charge is 2.47. The van der Waals surface area contributed by atoms with Gasteiger partial charge in [0.15, 0.2) is 0 Å². The summed E-state index contributed by atoms with van der Waals surface area (Å²) < 4.78 is 5.88. The Kier molecular flexibility index (Phi) is 17.1. The fourth-order valence-corrected chi connectivity index (χ4v) is 5.14. The van der Waals surface area contributed by atoms with Crippen molar-refractivity contribution < 1.29 is 24.3 Å². The minimum absolute atomic E-state index is 0. The third-order valence-electron chi connectivity index (χ3n) is 6.59. The molecule has 1 heterocycles. The highest BCUT2D eigenvalue weighted by atomic mass is 35.5. The number of carbonyl (C=O) groups is 2. The second-order valence-corrected chi connectivity index (χ2v) is 11.1. The molecule has 1 N–H and O–H groups in total. The molecule has 0 atom stereocenters. The first-order valence-electron chi connectivity index (χ1n) is 13.4. The smallest absolute Gasteiger partial charge is 0.306 e. The molecule has 0 aromatic heterocycles. The van der Waals surface area contributed by atoms with Crippen LogP contribution >= 0.6 is 12.4 Å². The molecule has 1 saturated heterocycles. The van der Waals surface area contributed by atoms with Crippen molar-refractivity contribution in [3.05, 3.63) is 0 Å². The number of halogens is 1. The van der Waals surface area contributed by atoms with Crippen molar-refractivity contribution >= 4 is 24.3 Å². The van der Waals surface area contributed by atoms with Gasteiger partial charge in [-0.1, -0.05) is 64.7 Å². The van der Waals surface area contributed by atoms with E-state index in [4.69, 9.17) is 14.7 Å². The molecule has 34 heavy (non-hydrogen) atoms. The molecule has 1 aliphatic heterocycles. The fourth-order valence-electron chi connectivity index (χ4n) is 5.14. The molecule has 7 heteroatoms. The van der Waals surface area contributed by atoms with Crippen molar-refractivity contribution in [2.45, 2.75) is 155 Å². The Bertz CT molecular complexity index is 549. The maximum atomic E-state index is 12.4. The minimum atomic E-state index is -0.723. The molecule has 0 aromatic carbocycles. The second kappa shape index (κ2) is 17.6. The quantitative estimate of drug-likeness (QED) is 0.154. The predicted octanol–water partition coefficient (Wildman–Crippen LogP) is 7.47. The maximum Gasteiger partial charge on any atom is 0.306 e. The van der Waals surface area contributed by atoms with Gasteiger partial charge in [0.25, 0.3) is 0 Å². The van der Waals surface area contributed by atoms with E-state index >= 15 is 0 Å². The third kappa shape index (κ3) is 13.9. The summed E-state index contributed by atoms with van der Waals surface area (Å²) in [5.41, 5.74) is -0.379. The first kappa shape index (κ1) is 33.1. The molecule has 0 amide bonds. The van der Waals surface area contributed by atoms with Crippen molar-refractivity contribution in [2.24, 2.45) is 0 Å². The van der Waals surface area contributed by atoms with Crippen molar-refractivity contribution in [3.8, 4) is 0 Å². The van der Waals surface area contributed by atoms with Gasteiger partial charge in [0.2, 0.25) is 0 Å². The number of carboxylic acids is 1. The van der Waals surface area contributed by atoms with Crippen LogP contribution in [0.5, 0.6) is 0 Å². The number of hydrogen-bond donors (Lipinski definition) is 1. The molecule has 1 rings (SSSR count). The first-order chi connectivity index (χ1) is 15.6. The van der Waals surface area contributed by atoms with Gasteiger partial charge >= 0.3 is 11.9 Å². The van der Waals surface area contributed by atoms with Gasteiger partial charge in [0.1, 0.15) is 6.10 Å². The van der Waals surface area contributed by atoms with E-state index in [2.05, 4.69) is 39.7 Å². The summed E-state index contributed by atoms with van der Waals surface area (Å²) in [4.78, 5) is 29.2. The molecule has 0 unspecified atom stereocenters. The van der Waals surface area contributed by atoms with Gasteiger partial charge in [-0.2, -0.15) is 5.06 Å². The number of unbranched alkanes of at least 4 members (excludes halogenated alkanes) is 10. The number of nitrogens with zero attached hydrogens (tertiary/aromatic N) is 1. The molecule has 1 fully saturated rings. The zero-order chi connectivity index (χ0) is 24.7. The van der Waals surface area contributed by atoms with Crippen LogP contribution in [-0.2, 0) is 19.2 Å². The summed E-state index contributed by atoms with van der Waals surface area (Å²) in [6, 6.07) is 0. The minimum Gasteiger partial charge on any atom is -0.481 e. The summed E-state index contributed by atoms with van der Waals surface area (Å²) in [5, 5.41) is 10.8. The molecule has 6 nitrogen and oxygen atoms in total. The van der Waals surface area contributed by atoms with E-state index in [1.807, 2.05) is 0 Å². The van der Waals surface area contributed by atoms with E-state index in [0.717, 1.165) is 64.4 Å². The van der Waals surface area contributed by atoms with E-state index in [1.165, 1.54) is 32.1 Å². The van der Waals surface area contributed by atoms with Crippen LogP contribution in [0.1, 0.15) is 137 Å². The summed E-state index contributed by atoms with van der Waals surface area (Å²) in [7, 11) is 0. The highest BCUT2D eigenvalue weighted by Crippen LogP contribution is 2.40. The predicted molar refractivity (Wildman–Crippen MR) is 140 cm³/mol. The third-order valence-corrected chi connectivity index (χ3v) is 6.59. The standard InChI is InChI=1S/C27H51NO5.ClH/c1-6-7-8-9-14-17-20-32-28-26(2,3)21-23(22-27(28,4)5)33-25(31)19-16-13-11-10-12-15-18-24(29)30;/h23H,6-22H2,1-5H3,(H,29,30);1H. The van der Waals surface area contributed by atoms with Gasteiger partial charge in [-0.05, 0) is 47.0 Å². The molecular weight excluding hydrogens is 454 g/mol. The van der Waals surface area contributed by atoms with E-state index < -0.39 is 5.97 Å². The van der Waals surface area contributed by atoms with E-state index in [-0.39, 0.29) is 42.0 Å². The van der Waals surface area contributed by atoms with Gasteiger partial charge in [0, 0.05) is 36.8 Å². The Hall–Kier alpha value is -0.850. The molecule has 0 spiro atoms. The number of esters is 1. The SMILES string of the molecule is CCCCCCCCON1C(C)(C)CC(OC(=O)CCCCCCCCC(=O)O)CC1(C)C.Cl. The number of hydroxylamine groups is 2. The highest BCUT2D eigenvalue weighted by molar-refractivity contribution is 5.85. The monoisotopic (exact) mass is 505 g/mol. The Morgan fingerprint density at radius 1 is 0.794 bits per heavy atom. The number of rotatable bonds is 18. The molecule has 1 aliphatic rings. The second-order valence-electron chi connectivity index (χ2n) is 11.1. The van der Waals surface area contributed by atoms with Gasteiger partial charge in [-0.25, -0.2) is 0 Å². The lowest BCUT2D eigenvalue weighted by Crippen LogP contribution is -2.62. The van der Waals surface area contributed by atoms with E-state index in [9.17, 15) is 9.59 Å². The summed E-state index contributed by atoms with van der Waals surface area (Å²) in [5.74, 6) is -0.821. The average molecular weight is 506 g/mol. The van der Waals surface area contributed by atoms with Crippen LogP contribution < -0.4 is 0 Å². The van der Waals surface area contributed by atoms with Crippen LogP contribution in [-0.4, -0.2) is 45.9 Å². The number of piperidine rings is 1. The average Bonchev–Trinajstić information content (AvgIpc) is 2.69. The zero-order valence-corrected chi connectivity index (χ0v) is 23.4. The van der Waals surface area contributed by atoms with Crippen LogP contribution in [0.25, 0.3) is 0 Å². The molecule has 0 radical (unpaired) electrons. The lowest BCUT2D eigenvalue weighted by Gasteiger charge is -2.53. The summed E-state index contributed by atoms with van der Waals surface area (Å²) in [6.45, 7) is 11.7. The van der Waals surface area contributed by atoms with Crippen molar-refractivity contribution in [2.75, 3.05) is 6.61 Å². The van der Waals surface area contributed by atoms with Crippen LogP contribution in [0.15, 0.2) is 0 Å². The topological polar surface area (TPSA) is 76.1 Å². The molecule has 0 aromatic rings. The zero-order valence-electron chi connectivity index (χ0n) is 22.5. The Balaban J connectivity index is 0.0000109. The Morgan fingerprint density at radius 2 is 1.26 bits per heavy atom. The van der Waals surface area contributed by atoms with Gasteiger partial charge in [-0.3, -0.25) is 14.4 Å². The van der Waals surface area contributed by atoms with Crippen LogP contribution in [0.2, 0.25) is 0 Å².